The molecule has 3 heterocycles. The first-order valence-corrected chi connectivity index (χ1v) is 9.56. The third-order valence-electron chi connectivity index (χ3n) is 5.33. The van der Waals surface area contributed by atoms with E-state index < -0.39 is 0 Å². The lowest BCUT2D eigenvalue weighted by Gasteiger charge is -2.32. The second kappa shape index (κ2) is 7.76. The van der Waals surface area contributed by atoms with E-state index >= 15 is 0 Å². The van der Waals surface area contributed by atoms with E-state index in [1.807, 2.05) is 12.1 Å². The molecule has 0 unspecified atom stereocenters. The molecule has 0 aromatic carbocycles. The van der Waals surface area contributed by atoms with Crippen molar-refractivity contribution in [2.75, 3.05) is 13.1 Å². The third-order valence-corrected chi connectivity index (χ3v) is 5.33. The Balaban J connectivity index is 1.61. The lowest BCUT2D eigenvalue weighted by molar-refractivity contribution is 0.160. The number of nitrogens with zero attached hydrogens (tertiary/aromatic N) is 5. The molecule has 0 amide bonds. The Bertz CT molecular complexity index is 902. The molecule has 0 radical (unpaired) electrons. The number of aromatic nitrogens is 4. The van der Waals surface area contributed by atoms with Gasteiger partial charge in [-0.25, -0.2) is 14.5 Å². The predicted octanol–water partition coefficient (Wildman–Crippen LogP) is 1.55. The minimum absolute atomic E-state index is 0.0304. The van der Waals surface area contributed by atoms with Crippen molar-refractivity contribution in [3.05, 3.63) is 56.6 Å². The number of likely N-dealkylation sites (tertiary alicyclic amines) is 1. The molecule has 1 fully saturated rings. The molecule has 1 aliphatic rings. The molecule has 2 aromatic heterocycles. The fraction of sp³-hybridized carbons (Fsp3) is 0.600. The van der Waals surface area contributed by atoms with E-state index in [4.69, 9.17) is 0 Å². The summed E-state index contributed by atoms with van der Waals surface area (Å²) in [5, 5.41) is 4.59. The second-order valence-electron chi connectivity index (χ2n) is 8.49. The summed E-state index contributed by atoms with van der Waals surface area (Å²) in [7, 11) is 1.76. The van der Waals surface area contributed by atoms with Crippen LogP contribution in [0.4, 0.5) is 0 Å². The summed E-state index contributed by atoms with van der Waals surface area (Å²) in [6.07, 6.45) is 3.62. The van der Waals surface area contributed by atoms with Gasteiger partial charge in [0.1, 0.15) is 0 Å². The van der Waals surface area contributed by atoms with Crippen LogP contribution in [0.1, 0.15) is 45.0 Å². The third kappa shape index (κ3) is 4.71. The Morgan fingerprint density at radius 3 is 2.48 bits per heavy atom. The lowest BCUT2D eigenvalue weighted by atomic mass is 9.92. The van der Waals surface area contributed by atoms with Crippen molar-refractivity contribution >= 4 is 0 Å². The van der Waals surface area contributed by atoms with E-state index in [0.29, 0.717) is 12.5 Å². The van der Waals surface area contributed by atoms with Gasteiger partial charge in [-0.15, -0.1) is 0 Å². The largest absolute Gasteiger partial charge is 0.347 e. The van der Waals surface area contributed by atoms with Gasteiger partial charge in [0.2, 0.25) is 0 Å². The quantitative estimate of drug-likeness (QED) is 0.815. The van der Waals surface area contributed by atoms with Gasteiger partial charge >= 0.3 is 5.69 Å². The maximum Gasteiger partial charge on any atom is 0.347 e. The highest BCUT2D eigenvalue weighted by atomic mass is 16.1. The maximum absolute atomic E-state index is 12.2. The van der Waals surface area contributed by atoms with Crippen LogP contribution in [0.3, 0.4) is 0 Å². The summed E-state index contributed by atoms with van der Waals surface area (Å²) in [4.78, 5) is 30.0. The molecule has 2 aromatic rings. The van der Waals surface area contributed by atoms with Crippen LogP contribution in [-0.2, 0) is 25.6 Å². The minimum atomic E-state index is -0.216. The Labute approximate surface area is 159 Å². The highest BCUT2D eigenvalue weighted by Crippen LogP contribution is 2.21. The number of rotatable bonds is 4. The SMILES string of the molecule is Cn1c(CN2CCC(Cn3nc(C(C)(C)C)ccc3=O)CC2)ccnc1=O. The summed E-state index contributed by atoms with van der Waals surface area (Å²) in [6, 6.07) is 5.36. The van der Waals surface area contributed by atoms with Crippen LogP contribution in [-0.4, -0.2) is 37.3 Å². The second-order valence-corrected chi connectivity index (χ2v) is 8.49. The van der Waals surface area contributed by atoms with Crippen LogP contribution >= 0.6 is 0 Å². The molecule has 27 heavy (non-hydrogen) atoms. The molecule has 0 spiro atoms. The highest BCUT2D eigenvalue weighted by Gasteiger charge is 2.22. The molecule has 0 aliphatic carbocycles. The summed E-state index contributed by atoms with van der Waals surface area (Å²) in [6.45, 7) is 9.64. The first-order valence-electron chi connectivity index (χ1n) is 9.56. The molecule has 3 rings (SSSR count). The van der Waals surface area contributed by atoms with Gasteiger partial charge in [0, 0.05) is 43.5 Å². The molecular weight excluding hydrogens is 342 g/mol. The van der Waals surface area contributed by atoms with Crippen LogP contribution in [0.25, 0.3) is 0 Å². The summed E-state index contributed by atoms with van der Waals surface area (Å²) >= 11 is 0. The molecule has 0 bridgehead atoms. The Hall–Kier alpha value is -2.28. The van der Waals surface area contributed by atoms with Crippen LogP contribution in [0.15, 0.2) is 34.0 Å². The minimum Gasteiger partial charge on any atom is -0.298 e. The van der Waals surface area contributed by atoms with Crippen molar-refractivity contribution in [3.8, 4) is 0 Å². The molecule has 0 N–H and O–H groups in total. The summed E-state index contributed by atoms with van der Waals surface area (Å²) in [5.74, 6) is 0.447. The van der Waals surface area contributed by atoms with Crippen molar-refractivity contribution in [3.63, 3.8) is 0 Å². The lowest BCUT2D eigenvalue weighted by Crippen LogP contribution is -2.38. The predicted molar refractivity (Wildman–Crippen MR) is 105 cm³/mol. The molecule has 1 aliphatic heterocycles. The zero-order valence-corrected chi connectivity index (χ0v) is 16.7. The van der Waals surface area contributed by atoms with Gasteiger partial charge in [0.05, 0.1) is 5.69 Å². The van der Waals surface area contributed by atoms with Gasteiger partial charge in [-0.05, 0) is 44.0 Å². The smallest absolute Gasteiger partial charge is 0.298 e. The zero-order chi connectivity index (χ0) is 19.6. The van der Waals surface area contributed by atoms with E-state index in [9.17, 15) is 9.59 Å². The number of piperidine rings is 1. The summed E-state index contributed by atoms with van der Waals surface area (Å²) < 4.78 is 3.24. The Kier molecular flexibility index (Phi) is 5.60. The van der Waals surface area contributed by atoms with E-state index in [1.165, 1.54) is 0 Å². The van der Waals surface area contributed by atoms with Crippen molar-refractivity contribution in [2.24, 2.45) is 13.0 Å². The monoisotopic (exact) mass is 371 g/mol. The standard InChI is InChI=1S/C20H29N5O2/c1-20(2,3)17-5-6-18(26)25(22-17)13-15-8-11-24(12-9-15)14-16-7-10-21-19(27)23(16)4/h5-7,10,15H,8-9,11-14H2,1-4H3. The molecule has 7 nitrogen and oxygen atoms in total. The van der Waals surface area contributed by atoms with Crippen molar-refractivity contribution < 1.29 is 0 Å². The summed E-state index contributed by atoms with van der Waals surface area (Å²) in [5.41, 5.74) is 1.60. The zero-order valence-electron chi connectivity index (χ0n) is 16.7. The van der Waals surface area contributed by atoms with Gasteiger partial charge in [-0.3, -0.25) is 14.3 Å². The average molecular weight is 371 g/mol. The molecule has 1 saturated heterocycles. The van der Waals surface area contributed by atoms with Gasteiger partial charge in [-0.1, -0.05) is 20.8 Å². The van der Waals surface area contributed by atoms with Gasteiger partial charge < -0.3 is 0 Å². The maximum atomic E-state index is 12.2. The number of hydrogen-bond donors (Lipinski definition) is 0. The van der Waals surface area contributed by atoms with Gasteiger partial charge in [0.15, 0.2) is 0 Å². The Morgan fingerprint density at radius 1 is 1.11 bits per heavy atom. The van der Waals surface area contributed by atoms with Gasteiger partial charge in [0.25, 0.3) is 5.56 Å². The van der Waals surface area contributed by atoms with Crippen LogP contribution in [0, 0.1) is 5.92 Å². The first-order chi connectivity index (χ1) is 12.7. The van der Waals surface area contributed by atoms with E-state index in [0.717, 1.165) is 43.9 Å². The highest BCUT2D eigenvalue weighted by molar-refractivity contribution is 5.10. The topological polar surface area (TPSA) is 73.0 Å². The van der Waals surface area contributed by atoms with Crippen LogP contribution < -0.4 is 11.2 Å². The van der Waals surface area contributed by atoms with E-state index in [2.05, 4.69) is 35.8 Å². The van der Waals surface area contributed by atoms with Crippen molar-refractivity contribution in [2.45, 2.75) is 52.1 Å². The van der Waals surface area contributed by atoms with Crippen molar-refractivity contribution in [1.82, 2.24) is 24.2 Å². The normalized spacial score (nSPS) is 16.6. The van der Waals surface area contributed by atoms with Crippen molar-refractivity contribution in [1.29, 1.82) is 0 Å². The van der Waals surface area contributed by atoms with E-state index in [1.54, 1.807) is 28.6 Å². The van der Waals surface area contributed by atoms with Crippen LogP contribution in [0.5, 0.6) is 0 Å². The molecule has 0 saturated carbocycles. The average Bonchev–Trinajstić information content (AvgIpc) is 2.61. The van der Waals surface area contributed by atoms with Gasteiger partial charge in [-0.2, -0.15) is 5.10 Å². The fourth-order valence-corrected chi connectivity index (χ4v) is 3.45. The van der Waals surface area contributed by atoms with E-state index in [-0.39, 0.29) is 16.7 Å². The first kappa shape index (κ1) is 19.5. The Morgan fingerprint density at radius 2 is 1.81 bits per heavy atom. The van der Waals surface area contributed by atoms with Crippen LogP contribution in [0.2, 0.25) is 0 Å². The molecule has 7 heteroatoms. The number of hydrogen-bond acceptors (Lipinski definition) is 5. The molecular formula is C20H29N5O2. The molecule has 0 atom stereocenters. The molecule has 146 valence electrons. The fourth-order valence-electron chi connectivity index (χ4n) is 3.45.